The third-order valence-electron chi connectivity index (χ3n) is 6.65. The molecule has 200 valence electrons. The minimum Gasteiger partial charge on any atom is -0.480 e. The van der Waals surface area contributed by atoms with Crippen molar-refractivity contribution in [1.82, 2.24) is 21.0 Å². The van der Waals surface area contributed by atoms with E-state index in [1.54, 1.807) is 0 Å². The number of benzene rings is 2. The van der Waals surface area contributed by atoms with Gasteiger partial charge in [0.15, 0.2) is 11.9 Å². The van der Waals surface area contributed by atoms with Crippen molar-refractivity contribution in [2.45, 2.75) is 37.0 Å². The van der Waals surface area contributed by atoms with Crippen LogP contribution in [-0.2, 0) is 19.2 Å². The number of Topliss-reactive ketones (excluding diaryl/α,β-unsaturated/α-hetero) is 1. The second-order valence-corrected chi connectivity index (χ2v) is 9.25. The van der Waals surface area contributed by atoms with E-state index in [0.29, 0.717) is 18.5 Å². The summed E-state index contributed by atoms with van der Waals surface area (Å²) in [6.45, 7) is 0.252. The molecule has 38 heavy (non-hydrogen) atoms. The van der Waals surface area contributed by atoms with Gasteiger partial charge < -0.3 is 26.3 Å². The number of nitrogens with one attached hydrogen (secondary N) is 4. The number of hydrogen-bond donors (Lipinski definition) is 6. The van der Waals surface area contributed by atoms with Crippen LogP contribution >= 0.6 is 0 Å². The lowest BCUT2D eigenvalue weighted by Gasteiger charge is -2.32. The van der Waals surface area contributed by atoms with Crippen molar-refractivity contribution in [2.75, 3.05) is 19.6 Å². The molecule has 11 nitrogen and oxygen atoms in total. The number of carbonyl (C=O) groups is 3. The minimum absolute atomic E-state index is 0.0345. The van der Waals surface area contributed by atoms with E-state index in [1.807, 2.05) is 60.7 Å². The Bertz CT molecular complexity index is 1140. The summed E-state index contributed by atoms with van der Waals surface area (Å²) in [5.74, 6) is -2.73. The third kappa shape index (κ3) is 6.43. The number of amides is 1. The van der Waals surface area contributed by atoms with Crippen LogP contribution in [-0.4, -0.2) is 71.5 Å². The highest BCUT2D eigenvalue weighted by Crippen LogP contribution is 2.29. The standard InChI is InChI=1S/C27H32N6O5/c28-25(29)19-15-33(38-16-19)26(24(36)20-12-7-13-30-20)32-27(37)23(31-14-21(34)35)22(17-8-3-1-4-9-17)18-10-5-2-6-11-18/h1-6,8-11,16,20,22-23,26,30-31H,7,12-15H2,(H3,28,29)(H,32,37)(H,34,35)/t20-,23+,26?/m0/s1. The molecule has 0 spiro atoms. The average molecular weight is 521 g/mol. The van der Waals surface area contributed by atoms with Crippen molar-refractivity contribution < 1.29 is 24.3 Å². The quantitative estimate of drug-likeness (QED) is 0.174. The van der Waals surface area contributed by atoms with Gasteiger partial charge in [-0.2, -0.15) is 0 Å². The van der Waals surface area contributed by atoms with Gasteiger partial charge in [-0.15, -0.1) is 5.06 Å². The zero-order chi connectivity index (χ0) is 27.1. The highest BCUT2D eigenvalue weighted by atomic mass is 16.7. The predicted molar refractivity (Wildman–Crippen MR) is 140 cm³/mol. The van der Waals surface area contributed by atoms with Gasteiger partial charge in [0.2, 0.25) is 5.91 Å². The van der Waals surface area contributed by atoms with Crippen LogP contribution in [0.1, 0.15) is 29.9 Å². The molecule has 11 heteroatoms. The molecule has 3 atom stereocenters. The number of nitrogens with two attached hydrogens (primary N) is 1. The summed E-state index contributed by atoms with van der Waals surface area (Å²) in [5.41, 5.74) is 7.58. The number of ketones is 1. The summed E-state index contributed by atoms with van der Waals surface area (Å²) in [7, 11) is 0. The fraction of sp³-hybridized carbons (Fsp3) is 0.333. The van der Waals surface area contributed by atoms with Gasteiger partial charge in [0.25, 0.3) is 0 Å². The van der Waals surface area contributed by atoms with Crippen LogP contribution in [0.2, 0.25) is 0 Å². The normalized spacial score (nSPS) is 18.9. The van der Waals surface area contributed by atoms with Crippen LogP contribution in [0.25, 0.3) is 0 Å². The van der Waals surface area contributed by atoms with E-state index in [4.69, 9.17) is 16.0 Å². The highest BCUT2D eigenvalue weighted by Gasteiger charge is 2.40. The lowest BCUT2D eigenvalue weighted by atomic mass is 9.84. The fourth-order valence-corrected chi connectivity index (χ4v) is 4.76. The summed E-state index contributed by atoms with van der Waals surface area (Å²) in [4.78, 5) is 44.5. The Morgan fingerprint density at radius 3 is 2.24 bits per heavy atom. The second-order valence-electron chi connectivity index (χ2n) is 9.25. The summed E-state index contributed by atoms with van der Waals surface area (Å²) in [5, 5.41) is 27.2. The molecule has 2 aromatic carbocycles. The van der Waals surface area contributed by atoms with Crippen molar-refractivity contribution >= 4 is 23.5 Å². The van der Waals surface area contributed by atoms with Crippen LogP contribution in [0.3, 0.4) is 0 Å². The molecule has 0 aromatic heterocycles. The zero-order valence-corrected chi connectivity index (χ0v) is 20.8. The van der Waals surface area contributed by atoms with Crippen LogP contribution in [0.5, 0.6) is 0 Å². The van der Waals surface area contributed by atoms with Gasteiger partial charge in [0.05, 0.1) is 25.2 Å². The van der Waals surface area contributed by atoms with Gasteiger partial charge in [-0.3, -0.25) is 25.1 Å². The van der Waals surface area contributed by atoms with Gasteiger partial charge in [-0.25, -0.2) is 0 Å². The Morgan fingerprint density at radius 2 is 1.74 bits per heavy atom. The lowest BCUT2D eigenvalue weighted by molar-refractivity contribution is -0.158. The minimum atomic E-state index is -1.19. The van der Waals surface area contributed by atoms with Crippen molar-refractivity contribution in [2.24, 2.45) is 5.73 Å². The maximum absolute atomic E-state index is 13.9. The highest BCUT2D eigenvalue weighted by molar-refractivity contribution is 5.96. The molecule has 0 aliphatic carbocycles. The molecule has 1 unspecified atom stereocenters. The van der Waals surface area contributed by atoms with E-state index in [-0.39, 0.29) is 18.2 Å². The molecular formula is C27H32N6O5. The Kier molecular flexibility index (Phi) is 8.85. The smallest absolute Gasteiger partial charge is 0.317 e. The number of carboxylic acids is 1. The second kappa shape index (κ2) is 12.5. The molecule has 7 N–H and O–H groups in total. The Labute approximate surface area is 220 Å². The topological polar surface area (TPSA) is 170 Å². The third-order valence-corrected chi connectivity index (χ3v) is 6.65. The largest absolute Gasteiger partial charge is 0.480 e. The molecule has 1 saturated heterocycles. The number of nitrogens with zero attached hydrogens (tertiary/aromatic N) is 1. The molecule has 2 heterocycles. The van der Waals surface area contributed by atoms with Crippen molar-refractivity contribution in [3.05, 3.63) is 83.6 Å². The van der Waals surface area contributed by atoms with E-state index < -0.39 is 42.6 Å². The summed E-state index contributed by atoms with van der Waals surface area (Å²) >= 11 is 0. The lowest BCUT2D eigenvalue weighted by Crippen LogP contribution is -2.60. The van der Waals surface area contributed by atoms with Crippen LogP contribution < -0.4 is 21.7 Å². The number of hydrogen-bond acceptors (Lipinski definition) is 8. The van der Waals surface area contributed by atoms with E-state index in [1.165, 1.54) is 11.3 Å². The van der Waals surface area contributed by atoms with Gasteiger partial charge in [-0.1, -0.05) is 60.7 Å². The SMILES string of the molecule is N=C(N)C1=CON(C(NC(=O)[C@H](NCC(=O)O)C(c2ccccc2)c2ccccc2)C(=O)[C@@H]2CCCN2)C1. The van der Waals surface area contributed by atoms with Crippen LogP contribution in [0, 0.1) is 5.41 Å². The molecule has 1 amide bonds. The van der Waals surface area contributed by atoms with Crippen molar-refractivity contribution in [3.63, 3.8) is 0 Å². The van der Waals surface area contributed by atoms with E-state index in [2.05, 4.69) is 16.0 Å². The molecule has 0 saturated carbocycles. The maximum atomic E-state index is 13.9. The number of amidine groups is 1. The number of carbonyl (C=O) groups excluding carboxylic acids is 2. The molecule has 0 bridgehead atoms. The molecule has 2 aliphatic rings. The monoisotopic (exact) mass is 520 g/mol. The Balaban J connectivity index is 1.67. The summed E-state index contributed by atoms with van der Waals surface area (Å²) < 4.78 is 0. The van der Waals surface area contributed by atoms with Gasteiger partial charge in [0, 0.05) is 11.5 Å². The van der Waals surface area contributed by atoms with E-state index in [9.17, 15) is 19.5 Å². The molecule has 4 rings (SSSR count). The first-order chi connectivity index (χ1) is 18.3. The van der Waals surface area contributed by atoms with Crippen molar-refractivity contribution in [3.8, 4) is 0 Å². The Morgan fingerprint density at radius 1 is 1.11 bits per heavy atom. The molecule has 0 radical (unpaired) electrons. The predicted octanol–water partition coefficient (Wildman–Crippen LogP) is 0.692. The zero-order valence-electron chi connectivity index (χ0n) is 20.8. The van der Waals surface area contributed by atoms with Gasteiger partial charge in [-0.05, 0) is 30.5 Å². The number of hydroxylamine groups is 2. The number of aliphatic carboxylic acids is 1. The molecule has 2 aliphatic heterocycles. The van der Waals surface area contributed by atoms with Crippen molar-refractivity contribution in [1.29, 1.82) is 5.41 Å². The average Bonchev–Trinajstić information content (AvgIpc) is 3.63. The molecule has 1 fully saturated rings. The fourth-order valence-electron chi connectivity index (χ4n) is 4.76. The first-order valence-electron chi connectivity index (χ1n) is 12.4. The first kappa shape index (κ1) is 27.0. The Hall–Kier alpha value is -4.06. The van der Waals surface area contributed by atoms with Crippen LogP contribution in [0.15, 0.2) is 72.5 Å². The molecular weight excluding hydrogens is 488 g/mol. The van der Waals surface area contributed by atoms with Crippen LogP contribution in [0.4, 0.5) is 0 Å². The number of carboxylic acid groups (broad SMARTS) is 1. The van der Waals surface area contributed by atoms with Gasteiger partial charge >= 0.3 is 5.97 Å². The van der Waals surface area contributed by atoms with E-state index in [0.717, 1.165) is 17.5 Å². The van der Waals surface area contributed by atoms with Gasteiger partial charge in [0.1, 0.15) is 12.1 Å². The summed E-state index contributed by atoms with van der Waals surface area (Å²) in [6, 6.07) is 17.1. The number of rotatable bonds is 12. The summed E-state index contributed by atoms with van der Waals surface area (Å²) in [6.07, 6.45) is 1.53. The first-order valence-corrected chi connectivity index (χ1v) is 12.4. The maximum Gasteiger partial charge on any atom is 0.317 e. The van der Waals surface area contributed by atoms with E-state index >= 15 is 0 Å². The molecule has 2 aromatic rings.